The highest BCUT2D eigenvalue weighted by molar-refractivity contribution is 7.11. The molecule has 1 heterocycles. The molecule has 178 valence electrons. The molecule has 0 unspecified atom stereocenters. The van der Waals surface area contributed by atoms with E-state index in [2.05, 4.69) is 65.5 Å². The van der Waals surface area contributed by atoms with E-state index < -0.39 is 0 Å². The lowest BCUT2D eigenvalue weighted by molar-refractivity contribution is -0.903. The topological polar surface area (TPSA) is 0 Å². The first-order chi connectivity index (χ1) is 13.8. The van der Waals surface area contributed by atoms with Crippen molar-refractivity contribution in [3.8, 4) is 0 Å². The molecule has 2 nitrogen and oxygen atoms in total. The van der Waals surface area contributed by atoms with Crippen LogP contribution in [0.4, 0.5) is 0 Å². The van der Waals surface area contributed by atoms with Gasteiger partial charge in [-0.15, -0.1) is 23.7 Å². The van der Waals surface area contributed by atoms with E-state index in [0.29, 0.717) is 0 Å². The molecule has 0 aliphatic carbocycles. The first-order valence-electron chi connectivity index (χ1n) is 12.5. The van der Waals surface area contributed by atoms with Crippen LogP contribution in [-0.4, -0.2) is 50.2 Å². The van der Waals surface area contributed by atoms with Gasteiger partial charge in [-0.05, 0) is 37.8 Å². The second kappa shape index (κ2) is 16.5. The summed E-state index contributed by atoms with van der Waals surface area (Å²) in [4.78, 5) is 3.13. The van der Waals surface area contributed by atoms with Crippen molar-refractivity contribution in [1.29, 1.82) is 0 Å². The van der Waals surface area contributed by atoms with Crippen LogP contribution in [0.2, 0.25) is 0 Å². The van der Waals surface area contributed by atoms with E-state index in [1.165, 1.54) is 103 Å². The molecule has 0 atom stereocenters. The molecule has 0 saturated heterocycles. The highest BCUT2D eigenvalue weighted by Gasteiger charge is 2.20. The molecule has 0 bridgehead atoms. The monoisotopic (exact) mass is 460 g/mol. The van der Waals surface area contributed by atoms with Crippen LogP contribution >= 0.6 is 23.7 Å². The lowest BCUT2D eigenvalue weighted by Crippen LogP contribution is -2.39. The SMILES string of the molecule is CCCCCCCC[N+](C)(C)Cc1ccc(C[N+](C)(C)CCCCCCCC)s1.Cl. The third-order valence-corrected chi connectivity index (χ3v) is 7.17. The third kappa shape index (κ3) is 14.8. The molecule has 1 aromatic heterocycles. The van der Waals surface area contributed by atoms with Gasteiger partial charge in [-0.1, -0.05) is 65.2 Å². The minimum absolute atomic E-state index is 0. The summed E-state index contributed by atoms with van der Waals surface area (Å²) >= 11 is 2.06. The van der Waals surface area contributed by atoms with Gasteiger partial charge in [-0.25, -0.2) is 0 Å². The van der Waals surface area contributed by atoms with Gasteiger partial charge in [-0.2, -0.15) is 0 Å². The van der Waals surface area contributed by atoms with Gasteiger partial charge in [0.25, 0.3) is 0 Å². The molecule has 0 N–H and O–H groups in total. The predicted octanol–water partition coefficient (Wildman–Crippen LogP) is 8.04. The van der Waals surface area contributed by atoms with E-state index in [0.717, 1.165) is 8.97 Å². The fourth-order valence-corrected chi connectivity index (χ4v) is 5.67. The van der Waals surface area contributed by atoms with Crippen LogP contribution in [0.5, 0.6) is 0 Å². The maximum absolute atomic E-state index is 2.41. The number of halogens is 1. The summed E-state index contributed by atoms with van der Waals surface area (Å²) < 4.78 is 2.26. The first kappa shape index (κ1) is 29.9. The van der Waals surface area contributed by atoms with Crippen molar-refractivity contribution < 1.29 is 8.97 Å². The normalized spacial score (nSPS) is 12.2. The molecule has 30 heavy (non-hydrogen) atoms. The number of hydrogen-bond donors (Lipinski definition) is 0. The maximum Gasteiger partial charge on any atom is 0.113 e. The number of rotatable bonds is 18. The van der Waals surface area contributed by atoms with Crippen LogP contribution in [0.25, 0.3) is 0 Å². The number of quaternary nitrogens is 2. The van der Waals surface area contributed by atoms with Gasteiger partial charge in [0.1, 0.15) is 13.1 Å². The van der Waals surface area contributed by atoms with Gasteiger partial charge in [0, 0.05) is 0 Å². The van der Waals surface area contributed by atoms with Crippen LogP contribution in [0.1, 0.15) is 101 Å². The van der Waals surface area contributed by atoms with E-state index in [9.17, 15) is 0 Å². The molecule has 0 saturated carbocycles. The average Bonchev–Trinajstić information content (AvgIpc) is 3.06. The van der Waals surface area contributed by atoms with Crippen molar-refractivity contribution in [2.45, 2.75) is 104 Å². The third-order valence-electron chi connectivity index (χ3n) is 6.12. The number of hydrogen-bond acceptors (Lipinski definition) is 1. The lowest BCUT2D eigenvalue weighted by Gasteiger charge is -2.30. The Hall–Kier alpha value is -0.0900. The minimum Gasteiger partial charge on any atom is -0.324 e. The van der Waals surface area contributed by atoms with Gasteiger partial charge in [0.2, 0.25) is 0 Å². The Labute approximate surface area is 199 Å². The van der Waals surface area contributed by atoms with Crippen molar-refractivity contribution in [2.75, 3.05) is 41.3 Å². The summed E-state index contributed by atoms with van der Waals surface area (Å²) in [5.74, 6) is 0. The number of unbranched alkanes of at least 4 members (excludes halogenated alkanes) is 10. The minimum atomic E-state index is 0. The van der Waals surface area contributed by atoms with Crippen LogP contribution in [0.3, 0.4) is 0 Å². The number of nitrogens with zero attached hydrogens (tertiary/aromatic N) is 2. The lowest BCUT2D eigenvalue weighted by atomic mass is 10.1. The van der Waals surface area contributed by atoms with Crippen LogP contribution in [0.15, 0.2) is 12.1 Å². The fourth-order valence-electron chi connectivity index (χ4n) is 4.23. The Kier molecular flexibility index (Phi) is 16.5. The maximum atomic E-state index is 2.41. The van der Waals surface area contributed by atoms with Crippen LogP contribution < -0.4 is 0 Å². The Bertz CT molecular complexity index is 480. The van der Waals surface area contributed by atoms with Crippen molar-refractivity contribution in [3.05, 3.63) is 21.9 Å². The Balaban J connectivity index is 0.00000841. The van der Waals surface area contributed by atoms with Crippen molar-refractivity contribution >= 4 is 23.7 Å². The molecule has 4 heteroatoms. The van der Waals surface area contributed by atoms with Gasteiger partial charge >= 0.3 is 0 Å². The van der Waals surface area contributed by atoms with Gasteiger partial charge in [0.15, 0.2) is 0 Å². The van der Waals surface area contributed by atoms with Crippen molar-refractivity contribution in [1.82, 2.24) is 0 Å². The second-order valence-electron chi connectivity index (χ2n) is 10.5. The summed E-state index contributed by atoms with van der Waals surface area (Å²) in [7, 11) is 9.63. The van der Waals surface area contributed by atoms with Gasteiger partial charge in [0.05, 0.1) is 51.0 Å². The average molecular weight is 461 g/mol. The van der Waals surface area contributed by atoms with Crippen molar-refractivity contribution in [2.24, 2.45) is 0 Å². The van der Waals surface area contributed by atoms with E-state index in [4.69, 9.17) is 0 Å². The molecular formula is C26H53ClN2S+2. The van der Waals surface area contributed by atoms with E-state index in [1.807, 2.05) is 0 Å². The quantitative estimate of drug-likeness (QED) is 0.153. The zero-order valence-corrected chi connectivity index (χ0v) is 22.8. The summed E-state index contributed by atoms with van der Waals surface area (Å²) in [5, 5.41) is 0. The zero-order chi connectivity index (χ0) is 21.6. The van der Waals surface area contributed by atoms with E-state index in [1.54, 1.807) is 9.75 Å². The molecular weight excluding hydrogens is 408 g/mol. The first-order valence-corrected chi connectivity index (χ1v) is 13.3. The molecule has 0 fully saturated rings. The van der Waals surface area contributed by atoms with Gasteiger partial charge < -0.3 is 8.97 Å². The number of thiophene rings is 1. The Morgan fingerprint density at radius 2 is 0.900 bits per heavy atom. The van der Waals surface area contributed by atoms with Crippen molar-refractivity contribution in [3.63, 3.8) is 0 Å². The smallest absolute Gasteiger partial charge is 0.113 e. The van der Waals surface area contributed by atoms with Crippen LogP contribution in [0, 0.1) is 0 Å². The van der Waals surface area contributed by atoms with E-state index >= 15 is 0 Å². The molecule has 1 aromatic rings. The highest BCUT2D eigenvalue weighted by atomic mass is 35.5. The van der Waals surface area contributed by atoms with Crippen LogP contribution in [-0.2, 0) is 13.1 Å². The van der Waals surface area contributed by atoms with E-state index in [-0.39, 0.29) is 12.4 Å². The second-order valence-corrected chi connectivity index (χ2v) is 11.8. The summed E-state index contributed by atoms with van der Waals surface area (Å²) in [5.41, 5.74) is 0. The fraction of sp³-hybridized carbons (Fsp3) is 0.846. The molecule has 0 spiro atoms. The Morgan fingerprint density at radius 3 is 1.27 bits per heavy atom. The molecule has 0 radical (unpaired) electrons. The Morgan fingerprint density at radius 1 is 0.567 bits per heavy atom. The molecule has 0 aliphatic heterocycles. The largest absolute Gasteiger partial charge is 0.324 e. The summed E-state index contributed by atoms with van der Waals surface area (Å²) in [6.07, 6.45) is 16.7. The zero-order valence-electron chi connectivity index (χ0n) is 21.2. The highest BCUT2D eigenvalue weighted by Crippen LogP contribution is 2.24. The molecule has 0 aromatic carbocycles. The summed E-state index contributed by atoms with van der Waals surface area (Å²) in [6, 6.07) is 4.79. The molecule has 1 rings (SSSR count). The standard InChI is InChI=1S/C26H52N2S.ClH/c1-7-9-11-13-15-17-21-27(3,4)23-25-19-20-26(29-25)24-28(5,6)22-18-16-14-12-10-8-2;/h19-20H,7-18,21-24H2,1-6H3;1H/q+2;. The predicted molar refractivity (Wildman–Crippen MR) is 140 cm³/mol. The molecule has 0 aliphatic rings. The molecule has 0 amide bonds. The van der Waals surface area contributed by atoms with Gasteiger partial charge in [-0.3, -0.25) is 0 Å². The summed E-state index contributed by atoms with van der Waals surface area (Å²) in [6.45, 7) is 9.57.